The lowest BCUT2D eigenvalue weighted by atomic mass is 10.1. The Hall–Kier alpha value is -2.98. The van der Waals surface area contributed by atoms with Crippen molar-refractivity contribution >= 4 is 10.9 Å². The average molecular weight is 340 g/mol. The maximum absolute atomic E-state index is 4.81. The van der Waals surface area contributed by atoms with E-state index in [1.165, 1.54) is 27.9 Å². The topological polar surface area (TPSA) is 44.8 Å². The van der Waals surface area contributed by atoms with Gasteiger partial charge in [0, 0.05) is 54.6 Å². The number of aromatic amines is 1. The van der Waals surface area contributed by atoms with E-state index in [2.05, 4.69) is 57.3 Å². The third kappa shape index (κ3) is 2.89. The second-order valence-corrected chi connectivity index (χ2v) is 6.87. The smallest absolute Gasteiger partial charge is 0.159 e. The van der Waals surface area contributed by atoms with Gasteiger partial charge in [-0.25, -0.2) is 9.97 Å². The summed E-state index contributed by atoms with van der Waals surface area (Å²) < 4.78 is 0. The summed E-state index contributed by atoms with van der Waals surface area (Å²) in [5.41, 5.74) is 5.97. The Morgan fingerprint density at radius 3 is 2.73 bits per heavy atom. The Morgan fingerprint density at radius 2 is 1.85 bits per heavy atom. The summed E-state index contributed by atoms with van der Waals surface area (Å²) in [5.74, 6) is 0.827. The number of rotatable bonds is 3. The summed E-state index contributed by atoms with van der Waals surface area (Å²) in [5, 5.41) is 1.27. The van der Waals surface area contributed by atoms with Gasteiger partial charge in [0.1, 0.15) is 0 Å². The summed E-state index contributed by atoms with van der Waals surface area (Å²) >= 11 is 0. The third-order valence-electron chi connectivity index (χ3n) is 5.02. The maximum Gasteiger partial charge on any atom is 0.159 e. The number of hydrogen-bond donors (Lipinski definition) is 1. The molecule has 2 aromatic heterocycles. The van der Waals surface area contributed by atoms with E-state index in [0.29, 0.717) is 0 Å². The highest BCUT2D eigenvalue weighted by Crippen LogP contribution is 2.23. The molecule has 128 valence electrons. The molecule has 1 aliphatic rings. The van der Waals surface area contributed by atoms with Crippen molar-refractivity contribution in [3.63, 3.8) is 0 Å². The average Bonchev–Trinajstić information content (AvgIpc) is 3.10. The summed E-state index contributed by atoms with van der Waals surface area (Å²) in [7, 11) is 0. The molecule has 0 fully saturated rings. The van der Waals surface area contributed by atoms with Crippen LogP contribution in [0.15, 0.2) is 66.9 Å². The minimum absolute atomic E-state index is 0.827. The second-order valence-electron chi connectivity index (χ2n) is 6.87. The van der Waals surface area contributed by atoms with E-state index >= 15 is 0 Å². The fourth-order valence-corrected chi connectivity index (χ4v) is 3.70. The highest BCUT2D eigenvalue weighted by molar-refractivity contribution is 5.80. The van der Waals surface area contributed by atoms with Gasteiger partial charge in [0.15, 0.2) is 5.82 Å². The van der Waals surface area contributed by atoms with Gasteiger partial charge in [0.25, 0.3) is 0 Å². The van der Waals surface area contributed by atoms with Crippen molar-refractivity contribution in [2.45, 2.75) is 19.5 Å². The van der Waals surface area contributed by atoms with Crippen molar-refractivity contribution in [1.29, 1.82) is 0 Å². The summed E-state index contributed by atoms with van der Waals surface area (Å²) in [6.07, 6.45) is 2.97. The number of fused-ring (bicyclic) bond motifs is 2. The number of para-hydroxylation sites is 1. The van der Waals surface area contributed by atoms with Crippen LogP contribution in [0.2, 0.25) is 0 Å². The largest absolute Gasteiger partial charge is 0.357 e. The van der Waals surface area contributed by atoms with Crippen LogP contribution in [0.1, 0.15) is 17.0 Å². The van der Waals surface area contributed by atoms with Crippen LogP contribution >= 0.6 is 0 Å². The zero-order valence-electron chi connectivity index (χ0n) is 14.5. The molecule has 3 heterocycles. The van der Waals surface area contributed by atoms with Crippen molar-refractivity contribution in [2.75, 3.05) is 6.54 Å². The Kier molecular flexibility index (Phi) is 3.76. The minimum Gasteiger partial charge on any atom is -0.357 e. The molecule has 4 heteroatoms. The maximum atomic E-state index is 4.81. The van der Waals surface area contributed by atoms with Crippen LogP contribution in [0.25, 0.3) is 22.3 Å². The van der Waals surface area contributed by atoms with Gasteiger partial charge in [-0.1, -0.05) is 48.5 Å². The molecule has 0 bridgehead atoms. The first-order valence-electron chi connectivity index (χ1n) is 9.04. The summed E-state index contributed by atoms with van der Waals surface area (Å²) in [4.78, 5) is 15.4. The number of aromatic nitrogens is 3. The second kappa shape index (κ2) is 6.39. The van der Waals surface area contributed by atoms with Gasteiger partial charge in [0.05, 0.1) is 5.69 Å². The SMILES string of the molecule is c1ccc(-c2ncc3c(n2)CCN(Cc2cc4ccccc4[nH]2)C3)cc1. The molecule has 0 radical (unpaired) electrons. The zero-order chi connectivity index (χ0) is 17.3. The molecule has 0 spiro atoms. The molecule has 0 saturated heterocycles. The van der Waals surface area contributed by atoms with Crippen LogP contribution < -0.4 is 0 Å². The van der Waals surface area contributed by atoms with Gasteiger partial charge in [-0.2, -0.15) is 0 Å². The van der Waals surface area contributed by atoms with Crippen molar-refractivity contribution in [3.8, 4) is 11.4 Å². The molecule has 0 unspecified atom stereocenters. The molecular weight excluding hydrogens is 320 g/mol. The third-order valence-corrected chi connectivity index (χ3v) is 5.02. The number of benzene rings is 2. The first-order chi connectivity index (χ1) is 12.8. The van der Waals surface area contributed by atoms with Gasteiger partial charge in [0.2, 0.25) is 0 Å². The Morgan fingerprint density at radius 1 is 1.00 bits per heavy atom. The summed E-state index contributed by atoms with van der Waals surface area (Å²) in [6, 6.07) is 20.9. The molecule has 1 N–H and O–H groups in total. The quantitative estimate of drug-likeness (QED) is 0.608. The molecule has 0 saturated carbocycles. The number of nitrogens with zero attached hydrogens (tertiary/aromatic N) is 3. The van der Waals surface area contributed by atoms with Gasteiger partial charge >= 0.3 is 0 Å². The highest BCUT2D eigenvalue weighted by atomic mass is 15.1. The Balaban J connectivity index is 1.35. The minimum atomic E-state index is 0.827. The van der Waals surface area contributed by atoms with E-state index in [9.17, 15) is 0 Å². The lowest BCUT2D eigenvalue weighted by molar-refractivity contribution is 0.240. The zero-order valence-corrected chi connectivity index (χ0v) is 14.5. The molecule has 1 aliphatic heterocycles. The highest BCUT2D eigenvalue weighted by Gasteiger charge is 2.19. The van der Waals surface area contributed by atoms with E-state index in [1.807, 2.05) is 24.4 Å². The molecule has 4 nitrogen and oxygen atoms in total. The Labute approximate surface area is 152 Å². The van der Waals surface area contributed by atoms with E-state index in [1.54, 1.807) is 0 Å². The fraction of sp³-hybridized carbons (Fsp3) is 0.182. The van der Waals surface area contributed by atoms with Crippen LogP contribution in [0.4, 0.5) is 0 Å². The molecule has 0 amide bonds. The molecule has 0 atom stereocenters. The van der Waals surface area contributed by atoms with E-state index in [4.69, 9.17) is 4.98 Å². The van der Waals surface area contributed by atoms with E-state index in [-0.39, 0.29) is 0 Å². The van der Waals surface area contributed by atoms with Crippen molar-refractivity contribution in [2.24, 2.45) is 0 Å². The molecular formula is C22H20N4. The van der Waals surface area contributed by atoms with Gasteiger partial charge in [-0.05, 0) is 17.5 Å². The van der Waals surface area contributed by atoms with E-state index in [0.717, 1.165) is 37.4 Å². The van der Waals surface area contributed by atoms with Crippen molar-refractivity contribution < 1.29 is 0 Å². The number of hydrogen-bond acceptors (Lipinski definition) is 3. The predicted octanol–water partition coefficient (Wildman–Crippen LogP) is 4.18. The molecule has 4 aromatic rings. The lowest BCUT2D eigenvalue weighted by Gasteiger charge is -2.27. The normalized spacial score (nSPS) is 14.5. The molecule has 2 aromatic carbocycles. The van der Waals surface area contributed by atoms with Crippen LogP contribution in [-0.2, 0) is 19.5 Å². The van der Waals surface area contributed by atoms with Crippen LogP contribution in [0.3, 0.4) is 0 Å². The Bertz CT molecular complexity index is 1020. The molecule has 5 rings (SSSR count). The van der Waals surface area contributed by atoms with Crippen LogP contribution in [-0.4, -0.2) is 26.4 Å². The van der Waals surface area contributed by atoms with Gasteiger partial charge < -0.3 is 4.98 Å². The van der Waals surface area contributed by atoms with E-state index < -0.39 is 0 Å². The molecule has 26 heavy (non-hydrogen) atoms. The van der Waals surface area contributed by atoms with Gasteiger partial charge in [-0.3, -0.25) is 4.90 Å². The first-order valence-corrected chi connectivity index (χ1v) is 9.04. The van der Waals surface area contributed by atoms with Crippen LogP contribution in [0.5, 0.6) is 0 Å². The fourth-order valence-electron chi connectivity index (χ4n) is 3.70. The standard InChI is InChI=1S/C22H20N4/c1-2-6-16(7-3-1)22-23-13-18-14-26(11-10-21(18)25-22)15-19-12-17-8-4-5-9-20(17)24-19/h1-9,12-13,24H,10-11,14-15H2. The number of nitrogens with one attached hydrogen (secondary N) is 1. The first kappa shape index (κ1) is 15.3. The predicted molar refractivity (Wildman–Crippen MR) is 104 cm³/mol. The van der Waals surface area contributed by atoms with Crippen molar-refractivity contribution in [1.82, 2.24) is 19.9 Å². The molecule has 0 aliphatic carbocycles. The monoisotopic (exact) mass is 340 g/mol. The number of H-pyrrole nitrogens is 1. The van der Waals surface area contributed by atoms with Crippen molar-refractivity contribution in [3.05, 3.63) is 83.8 Å². The van der Waals surface area contributed by atoms with Gasteiger partial charge in [-0.15, -0.1) is 0 Å². The summed E-state index contributed by atoms with van der Waals surface area (Å²) in [6.45, 7) is 2.85. The lowest BCUT2D eigenvalue weighted by Crippen LogP contribution is -2.31. The van der Waals surface area contributed by atoms with Crippen LogP contribution in [0, 0.1) is 0 Å².